The van der Waals surface area contributed by atoms with Gasteiger partial charge in [-0.15, -0.1) is 0 Å². The van der Waals surface area contributed by atoms with Crippen molar-refractivity contribution in [1.82, 2.24) is 9.97 Å². The molecular formula is C36H52N2O2. The summed E-state index contributed by atoms with van der Waals surface area (Å²) in [5.74, 6) is 1.73. The van der Waals surface area contributed by atoms with Crippen molar-refractivity contribution in [3.63, 3.8) is 0 Å². The maximum atomic E-state index is 12.2. The van der Waals surface area contributed by atoms with Crippen LogP contribution in [0.1, 0.15) is 118 Å². The predicted molar refractivity (Wildman–Crippen MR) is 161 cm³/mol. The molecule has 5 aliphatic rings. The maximum absolute atomic E-state index is 12.2. The fourth-order valence-electron chi connectivity index (χ4n) is 12.3. The zero-order chi connectivity index (χ0) is 28.5. The SMILES string of the molecule is CC1(C)CCC[C@](C)([C@H]2CC[C@]3(C)[C@@H]2[C@H](O)C[C@@H]2[C@@]4(C)Cc5nc6ccccc6nc5C(C)(C)[C@@H]4CC[C@]23C)O1. The molecule has 40 heavy (non-hydrogen) atoms. The van der Waals surface area contributed by atoms with E-state index in [1.54, 1.807) is 0 Å². The Bertz CT molecular complexity index is 1350. The van der Waals surface area contributed by atoms with Crippen molar-refractivity contribution >= 4 is 11.0 Å². The molecule has 218 valence electrons. The summed E-state index contributed by atoms with van der Waals surface area (Å²) in [4.78, 5) is 10.5. The fourth-order valence-corrected chi connectivity index (χ4v) is 12.3. The average Bonchev–Trinajstić information content (AvgIpc) is 3.24. The van der Waals surface area contributed by atoms with E-state index in [1.807, 2.05) is 0 Å². The Morgan fingerprint density at radius 2 is 1.48 bits per heavy atom. The van der Waals surface area contributed by atoms with E-state index in [0.29, 0.717) is 23.7 Å². The molecule has 0 spiro atoms. The smallest absolute Gasteiger partial charge is 0.0890 e. The number of hydrogen-bond donors (Lipinski definition) is 1. The van der Waals surface area contributed by atoms with E-state index >= 15 is 0 Å². The van der Waals surface area contributed by atoms with E-state index in [4.69, 9.17) is 14.7 Å². The highest BCUT2D eigenvalue weighted by Crippen LogP contribution is 2.75. The number of aromatic nitrogens is 2. The molecule has 1 aliphatic heterocycles. The van der Waals surface area contributed by atoms with Gasteiger partial charge in [0.05, 0.1) is 39.7 Å². The predicted octanol–water partition coefficient (Wildman–Crippen LogP) is 8.04. The van der Waals surface area contributed by atoms with E-state index in [-0.39, 0.29) is 39.0 Å². The number of aliphatic hydroxyl groups is 1. The molecule has 7 rings (SSSR count). The zero-order valence-electron chi connectivity index (χ0n) is 26.3. The van der Waals surface area contributed by atoms with Crippen molar-refractivity contribution in [3.8, 4) is 0 Å². The van der Waals surface area contributed by atoms with Gasteiger partial charge in [-0.3, -0.25) is 0 Å². The highest BCUT2D eigenvalue weighted by atomic mass is 16.5. The van der Waals surface area contributed by atoms with Gasteiger partial charge < -0.3 is 9.84 Å². The highest BCUT2D eigenvalue weighted by Gasteiger charge is 2.71. The Morgan fingerprint density at radius 3 is 2.17 bits per heavy atom. The van der Waals surface area contributed by atoms with Crippen molar-refractivity contribution in [2.24, 2.45) is 39.9 Å². The average molecular weight is 545 g/mol. The van der Waals surface area contributed by atoms with Crippen LogP contribution >= 0.6 is 0 Å². The van der Waals surface area contributed by atoms with Gasteiger partial charge in [-0.1, -0.05) is 46.8 Å². The van der Waals surface area contributed by atoms with E-state index in [9.17, 15) is 5.11 Å². The van der Waals surface area contributed by atoms with Crippen LogP contribution in [0.4, 0.5) is 0 Å². The molecule has 1 aromatic heterocycles. The normalized spacial score (nSPS) is 47.2. The van der Waals surface area contributed by atoms with Gasteiger partial charge in [-0.2, -0.15) is 0 Å². The van der Waals surface area contributed by atoms with E-state index in [0.717, 1.165) is 36.7 Å². The van der Waals surface area contributed by atoms with Gasteiger partial charge >= 0.3 is 0 Å². The van der Waals surface area contributed by atoms with Crippen molar-refractivity contribution in [1.29, 1.82) is 0 Å². The summed E-state index contributed by atoms with van der Waals surface area (Å²) in [6, 6.07) is 8.37. The third kappa shape index (κ3) is 3.44. The molecule has 4 heteroatoms. The number of para-hydroxylation sites is 2. The van der Waals surface area contributed by atoms with Gasteiger partial charge in [-0.05, 0) is 131 Å². The second-order valence-electron chi connectivity index (χ2n) is 16.9. The van der Waals surface area contributed by atoms with Crippen LogP contribution < -0.4 is 0 Å². The summed E-state index contributed by atoms with van der Waals surface area (Å²) >= 11 is 0. The Kier molecular flexibility index (Phi) is 5.68. The first-order valence-electron chi connectivity index (χ1n) is 16.3. The number of benzene rings is 1. The Balaban J connectivity index is 1.29. The standard InChI is InChI=1S/C36H52N2O2/c1-31(2)16-11-17-36(8,40-31)22-14-18-35(7)29(22)26(39)20-28-33(5)21-25-30(38-24-13-10-9-12-23(24)37-25)32(3,4)27(33)15-19-34(28,35)6/h9-10,12-13,22,26-29,39H,11,14-21H2,1-8H3/t22-,26+,27-,28+,29-,33-,34+,35+,36+/m0/s1. The first-order chi connectivity index (χ1) is 18.6. The minimum Gasteiger partial charge on any atom is -0.393 e. The van der Waals surface area contributed by atoms with Crippen LogP contribution in [-0.4, -0.2) is 32.4 Å². The minimum absolute atomic E-state index is 0.0450. The third-order valence-electron chi connectivity index (χ3n) is 14.1. The lowest BCUT2D eigenvalue weighted by molar-refractivity contribution is -0.243. The van der Waals surface area contributed by atoms with Crippen LogP contribution in [0.25, 0.3) is 11.0 Å². The molecule has 1 aromatic carbocycles. The maximum Gasteiger partial charge on any atom is 0.0890 e. The van der Waals surface area contributed by atoms with E-state index in [1.165, 1.54) is 43.5 Å². The van der Waals surface area contributed by atoms with Crippen molar-refractivity contribution in [2.45, 2.75) is 136 Å². The lowest BCUT2D eigenvalue weighted by atomic mass is 9.35. The number of ether oxygens (including phenoxy) is 1. The first-order valence-corrected chi connectivity index (χ1v) is 16.3. The van der Waals surface area contributed by atoms with Gasteiger partial charge in [0.25, 0.3) is 0 Å². The molecule has 0 radical (unpaired) electrons. The molecular weight excluding hydrogens is 492 g/mol. The van der Waals surface area contributed by atoms with Crippen LogP contribution in [0, 0.1) is 39.9 Å². The molecule has 9 atom stereocenters. The summed E-state index contributed by atoms with van der Waals surface area (Å²) in [7, 11) is 0. The number of fused-ring (bicyclic) bond motifs is 7. The van der Waals surface area contributed by atoms with Crippen LogP contribution in [0.2, 0.25) is 0 Å². The Labute approximate surface area is 242 Å². The van der Waals surface area contributed by atoms with Gasteiger partial charge in [0.1, 0.15) is 0 Å². The largest absolute Gasteiger partial charge is 0.393 e. The molecule has 4 nitrogen and oxygen atoms in total. The molecule has 0 amide bonds. The number of aliphatic hydroxyl groups excluding tert-OH is 1. The monoisotopic (exact) mass is 544 g/mol. The minimum atomic E-state index is -0.274. The lowest BCUT2D eigenvalue weighted by Crippen LogP contribution is -2.66. The van der Waals surface area contributed by atoms with Crippen molar-refractivity contribution < 1.29 is 9.84 Å². The number of hydrogen-bond acceptors (Lipinski definition) is 4. The van der Waals surface area contributed by atoms with Crippen molar-refractivity contribution in [3.05, 3.63) is 35.7 Å². The second-order valence-corrected chi connectivity index (χ2v) is 16.9. The molecule has 4 aliphatic carbocycles. The number of rotatable bonds is 1. The highest BCUT2D eigenvalue weighted by molar-refractivity contribution is 5.74. The fraction of sp³-hybridized carbons (Fsp3) is 0.778. The van der Waals surface area contributed by atoms with Crippen LogP contribution in [0.3, 0.4) is 0 Å². The zero-order valence-corrected chi connectivity index (χ0v) is 26.3. The molecule has 3 saturated carbocycles. The summed E-state index contributed by atoms with van der Waals surface area (Å²) in [5, 5.41) is 12.2. The molecule has 0 unspecified atom stereocenters. The molecule has 1 saturated heterocycles. The summed E-state index contributed by atoms with van der Waals surface area (Å²) in [5.41, 5.74) is 4.56. The Morgan fingerprint density at radius 1 is 0.800 bits per heavy atom. The van der Waals surface area contributed by atoms with E-state index < -0.39 is 0 Å². The molecule has 4 fully saturated rings. The van der Waals surface area contributed by atoms with Gasteiger partial charge in [-0.25, -0.2) is 9.97 Å². The van der Waals surface area contributed by atoms with Crippen LogP contribution in [0.5, 0.6) is 0 Å². The van der Waals surface area contributed by atoms with Gasteiger partial charge in [0.2, 0.25) is 0 Å². The van der Waals surface area contributed by atoms with Crippen LogP contribution in [-0.2, 0) is 16.6 Å². The second kappa shape index (κ2) is 8.31. The molecule has 2 heterocycles. The topological polar surface area (TPSA) is 55.2 Å². The quantitative estimate of drug-likeness (QED) is 0.395. The summed E-state index contributed by atoms with van der Waals surface area (Å²) < 4.78 is 6.94. The summed E-state index contributed by atoms with van der Waals surface area (Å²) in [6.07, 6.45) is 9.95. The Hall–Kier alpha value is -1.52. The molecule has 1 N–H and O–H groups in total. The van der Waals surface area contributed by atoms with Crippen LogP contribution in [0.15, 0.2) is 24.3 Å². The van der Waals surface area contributed by atoms with E-state index in [2.05, 4.69) is 79.7 Å². The van der Waals surface area contributed by atoms with Crippen molar-refractivity contribution in [2.75, 3.05) is 0 Å². The number of nitrogens with zero attached hydrogens (tertiary/aromatic N) is 2. The molecule has 0 bridgehead atoms. The lowest BCUT2D eigenvalue weighted by Gasteiger charge is -2.70. The van der Waals surface area contributed by atoms with Gasteiger partial charge in [0.15, 0.2) is 0 Å². The first kappa shape index (κ1) is 27.3. The van der Waals surface area contributed by atoms with Gasteiger partial charge in [0, 0.05) is 5.41 Å². The summed E-state index contributed by atoms with van der Waals surface area (Å²) in [6.45, 7) is 19.5. The third-order valence-corrected chi connectivity index (χ3v) is 14.1. The molecule has 2 aromatic rings.